The Labute approximate surface area is 177 Å². The van der Waals surface area contributed by atoms with E-state index in [1.165, 1.54) is 0 Å². The van der Waals surface area contributed by atoms with Crippen molar-refractivity contribution in [2.45, 2.75) is 39.2 Å². The number of fused-ring (bicyclic) bond motifs is 1. The van der Waals surface area contributed by atoms with Crippen molar-refractivity contribution >= 4 is 5.97 Å². The van der Waals surface area contributed by atoms with Crippen LogP contribution >= 0.6 is 0 Å². The number of alkyl halides is 3. The summed E-state index contributed by atoms with van der Waals surface area (Å²) in [6.07, 6.45) is -0.0212. The minimum Gasteiger partial charge on any atom is -0.475 e. The summed E-state index contributed by atoms with van der Waals surface area (Å²) in [7, 11) is 0. The van der Waals surface area contributed by atoms with Crippen LogP contribution in [0.4, 0.5) is 13.2 Å². The quantitative estimate of drug-likeness (QED) is 0.676. The number of halogens is 3. The van der Waals surface area contributed by atoms with Crippen molar-refractivity contribution in [1.82, 2.24) is 29.2 Å². The lowest BCUT2D eigenvalue weighted by Crippen LogP contribution is -2.27. The van der Waals surface area contributed by atoms with Crippen LogP contribution in [0.15, 0.2) is 42.7 Å². The molecule has 1 N–H and O–H groups in total. The predicted octanol–water partition coefficient (Wildman–Crippen LogP) is 2.52. The first-order chi connectivity index (χ1) is 14.7. The summed E-state index contributed by atoms with van der Waals surface area (Å²) < 4.78 is 36.2. The second kappa shape index (κ2) is 9.73. The normalized spacial score (nSPS) is 14.3. The van der Waals surface area contributed by atoms with E-state index in [0.29, 0.717) is 0 Å². The Morgan fingerprint density at radius 1 is 1.06 bits per heavy atom. The van der Waals surface area contributed by atoms with Gasteiger partial charge in [-0.2, -0.15) is 13.2 Å². The van der Waals surface area contributed by atoms with Gasteiger partial charge in [0.25, 0.3) is 0 Å². The van der Waals surface area contributed by atoms with E-state index in [-0.39, 0.29) is 0 Å². The molecule has 0 unspecified atom stereocenters. The summed E-state index contributed by atoms with van der Waals surface area (Å²) in [5.41, 5.74) is 2.22. The van der Waals surface area contributed by atoms with E-state index in [1.807, 2.05) is 25.1 Å². The number of pyridine rings is 1. The molecule has 0 radical (unpaired) electrons. The van der Waals surface area contributed by atoms with E-state index in [0.717, 1.165) is 62.2 Å². The molecule has 166 valence electrons. The zero-order valence-corrected chi connectivity index (χ0v) is 17.0. The Morgan fingerprint density at radius 3 is 2.42 bits per heavy atom. The van der Waals surface area contributed by atoms with Crippen molar-refractivity contribution < 1.29 is 23.1 Å². The lowest BCUT2D eigenvalue weighted by atomic mass is 10.3. The highest BCUT2D eigenvalue weighted by Crippen LogP contribution is 2.14. The maximum Gasteiger partial charge on any atom is 0.490 e. The highest BCUT2D eigenvalue weighted by molar-refractivity contribution is 5.73. The largest absolute Gasteiger partial charge is 0.490 e. The summed E-state index contributed by atoms with van der Waals surface area (Å²) in [6, 6.07) is 10.3. The molecule has 3 aromatic heterocycles. The topological polar surface area (TPSA) is 89.1 Å². The first kappa shape index (κ1) is 22.5. The lowest BCUT2D eigenvalue weighted by Gasteiger charge is -2.19. The molecule has 4 rings (SSSR count). The molecule has 0 fully saturated rings. The average molecular weight is 436 g/mol. The molecule has 1 aliphatic rings. The number of carboxylic acid groups (broad SMARTS) is 1. The Bertz CT molecular complexity index is 1000. The minimum absolute atomic E-state index is 0.777. The summed E-state index contributed by atoms with van der Waals surface area (Å²) in [5.74, 6) is -0.624. The molecule has 0 atom stereocenters. The van der Waals surface area contributed by atoms with Gasteiger partial charge in [0, 0.05) is 50.7 Å². The van der Waals surface area contributed by atoms with Crippen molar-refractivity contribution in [2.24, 2.45) is 0 Å². The van der Waals surface area contributed by atoms with Gasteiger partial charge in [0.05, 0.1) is 12.2 Å². The van der Waals surface area contributed by atoms with Crippen LogP contribution in [0.1, 0.15) is 23.0 Å². The number of nitrogens with zero attached hydrogens (tertiary/aromatic N) is 6. The van der Waals surface area contributed by atoms with Crippen LogP contribution < -0.4 is 0 Å². The summed E-state index contributed by atoms with van der Waals surface area (Å²) in [5, 5.41) is 15.9. The van der Waals surface area contributed by atoms with Gasteiger partial charge in [-0.25, -0.2) is 4.79 Å². The number of aryl methyl sites for hydroxylation is 1. The molecule has 0 saturated heterocycles. The molecule has 0 saturated carbocycles. The van der Waals surface area contributed by atoms with Gasteiger partial charge in [-0.1, -0.05) is 6.07 Å². The van der Waals surface area contributed by atoms with Crippen molar-refractivity contribution in [3.8, 4) is 0 Å². The predicted molar refractivity (Wildman–Crippen MR) is 105 cm³/mol. The third kappa shape index (κ3) is 6.38. The Morgan fingerprint density at radius 2 is 1.77 bits per heavy atom. The van der Waals surface area contributed by atoms with Crippen molar-refractivity contribution in [3.05, 3.63) is 65.8 Å². The number of hydrogen-bond donors (Lipinski definition) is 1. The Balaban J connectivity index is 0.000000339. The number of hydrogen-bond acceptors (Lipinski definition) is 5. The van der Waals surface area contributed by atoms with Gasteiger partial charge in [0.1, 0.15) is 5.82 Å². The van der Waals surface area contributed by atoms with E-state index in [9.17, 15) is 13.2 Å². The number of rotatable bonds is 4. The first-order valence-corrected chi connectivity index (χ1v) is 9.69. The zero-order valence-electron chi connectivity index (χ0n) is 17.0. The standard InChI is InChI=1S/C18H22N6.C2HF3O2/c1-15-5-4-6-16(19-15)13-23-10-7-17-20-21-18(24(17)12-11-23)14-22-8-2-3-9-22;3-2(4,5)1(6)7/h2-6,8-9H,7,10-14H2,1H3;(H,6,7). The molecular formula is C20H23F3N6O2. The van der Waals surface area contributed by atoms with Crippen LogP contribution in [0.25, 0.3) is 0 Å². The number of aromatic nitrogens is 5. The number of carboxylic acids is 1. The monoisotopic (exact) mass is 436 g/mol. The molecule has 8 nitrogen and oxygen atoms in total. The Kier molecular flexibility index (Phi) is 7.06. The SMILES string of the molecule is Cc1cccc(CN2CCc3nnc(Cn4cccc4)n3CC2)n1.O=C(O)C(F)(F)F. The summed E-state index contributed by atoms with van der Waals surface area (Å²) in [4.78, 5) is 16.0. The molecule has 4 heterocycles. The van der Waals surface area contributed by atoms with E-state index in [1.54, 1.807) is 0 Å². The Hall–Kier alpha value is -3.21. The molecule has 11 heteroatoms. The molecule has 0 spiro atoms. The molecule has 1 aliphatic heterocycles. The first-order valence-electron chi connectivity index (χ1n) is 9.69. The fourth-order valence-electron chi connectivity index (χ4n) is 3.26. The number of carbonyl (C=O) groups is 1. The van der Waals surface area contributed by atoms with Crippen LogP contribution in [-0.4, -0.2) is 59.6 Å². The summed E-state index contributed by atoms with van der Waals surface area (Å²) >= 11 is 0. The molecule has 0 amide bonds. The maximum atomic E-state index is 10.6. The van der Waals surface area contributed by atoms with Crippen LogP contribution in [0.2, 0.25) is 0 Å². The molecule has 3 aromatic rings. The second-order valence-corrected chi connectivity index (χ2v) is 7.14. The van der Waals surface area contributed by atoms with Crippen LogP contribution in [0, 0.1) is 6.92 Å². The minimum atomic E-state index is -5.08. The molecule has 0 bridgehead atoms. The number of aliphatic carboxylic acids is 1. The smallest absolute Gasteiger partial charge is 0.475 e. The van der Waals surface area contributed by atoms with E-state index in [2.05, 4.69) is 53.7 Å². The van der Waals surface area contributed by atoms with Gasteiger partial charge in [-0.15, -0.1) is 10.2 Å². The van der Waals surface area contributed by atoms with Gasteiger partial charge in [0.15, 0.2) is 5.82 Å². The van der Waals surface area contributed by atoms with Crippen molar-refractivity contribution in [3.63, 3.8) is 0 Å². The zero-order chi connectivity index (χ0) is 22.4. The third-order valence-electron chi connectivity index (χ3n) is 4.76. The fraction of sp³-hybridized carbons (Fsp3) is 0.400. The highest BCUT2D eigenvalue weighted by atomic mass is 19.4. The average Bonchev–Trinajstić information content (AvgIpc) is 3.30. The van der Waals surface area contributed by atoms with Crippen molar-refractivity contribution in [1.29, 1.82) is 0 Å². The van der Waals surface area contributed by atoms with Gasteiger partial charge >= 0.3 is 12.1 Å². The van der Waals surface area contributed by atoms with Crippen LogP contribution in [0.3, 0.4) is 0 Å². The summed E-state index contributed by atoms with van der Waals surface area (Å²) in [6.45, 7) is 6.65. The molecular weight excluding hydrogens is 413 g/mol. The van der Waals surface area contributed by atoms with E-state index in [4.69, 9.17) is 9.90 Å². The second-order valence-electron chi connectivity index (χ2n) is 7.14. The maximum absolute atomic E-state index is 10.6. The van der Waals surface area contributed by atoms with Crippen LogP contribution in [-0.2, 0) is 30.8 Å². The fourth-order valence-corrected chi connectivity index (χ4v) is 3.26. The van der Waals surface area contributed by atoms with Crippen molar-refractivity contribution in [2.75, 3.05) is 13.1 Å². The van der Waals surface area contributed by atoms with Gasteiger partial charge in [-0.05, 0) is 31.2 Å². The van der Waals surface area contributed by atoms with Crippen LogP contribution in [0.5, 0.6) is 0 Å². The van der Waals surface area contributed by atoms with Gasteiger partial charge in [0.2, 0.25) is 0 Å². The molecule has 31 heavy (non-hydrogen) atoms. The van der Waals surface area contributed by atoms with E-state index < -0.39 is 12.1 Å². The molecule has 0 aliphatic carbocycles. The highest BCUT2D eigenvalue weighted by Gasteiger charge is 2.38. The van der Waals surface area contributed by atoms with Gasteiger partial charge in [-0.3, -0.25) is 9.88 Å². The lowest BCUT2D eigenvalue weighted by molar-refractivity contribution is -0.192. The van der Waals surface area contributed by atoms with Gasteiger partial charge < -0.3 is 14.2 Å². The third-order valence-corrected chi connectivity index (χ3v) is 4.76. The van der Waals surface area contributed by atoms with E-state index >= 15 is 0 Å². The molecule has 0 aromatic carbocycles.